The quantitative estimate of drug-likeness (QED) is 0.814. The minimum atomic E-state index is 0.978. The summed E-state index contributed by atoms with van der Waals surface area (Å²) in [6.07, 6.45) is 5.56. The Hall–Kier alpha value is -0.380. The first-order valence-electron chi connectivity index (χ1n) is 7.34. The van der Waals surface area contributed by atoms with E-state index in [1.54, 1.807) is 0 Å². The molecule has 0 atom stereocenters. The minimum absolute atomic E-state index is 0.978. The van der Waals surface area contributed by atoms with E-state index < -0.39 is 0 Å². The number of nitrogens with one attached hydrogen (secondary N) is 1. The monoisotopic (exact) mass is 266 g/mol. The van der Waals surface area contributed by atoms with E-state index in [-0.39, 0.29) is 0 Å². The van der Waals surface area contributed by atoms with Crippen LogP contribution >= 0.6 is 11.3 Å². The summed E-state index contributed by atoms with van der Waals surface area (Å²) in [5.74, 6) is 0.978. The third kappa shape index (κ3) is 4.71. The summed E-state index contributed by atoms with van der Waals surface area (Å²) in [6.45, 7) is 8.32. The average molecular weight is 266 g/mol. The van der Waals surface area contributed by atoms with Gasteiger partial charge in [-0.05, 0) is 69.2 Å². The molecule has 0 amide bonds. The molecule has 1 aliphatic rings. The van der Waals surface area contributed by atoms with Crippen LogP contribution in [0.3, 0.4) is 0 Å². The lowest BCUT2D eigenvalue weighted by molar-refractivity contribution is 0.257. The highest BCUT2D eigenvalue weighted by molar-refractivity contribution is 7.09. The van der Waals surface area contributed by atoms with E-state index in [9.17, 15) is 0 Å². The molecule has 1 aromatic rings. The second-order valence-corrected chi connectivity index (χ2v) is 6.32. The summed E-state index contributed by atoms with van der Waals surface area (Å²) in [6, 6.07) is 4.41. The van der Waals surface area contributed by atoms with Crippen LogP contribution < -0.4 is 5.32 Å². The highest BCUT2D eigenvalue weighted by Gasteiger charge is 2.13. The lowest BCUT2D eigenvalue weighted by atomic mass is 9.93. The van der Waals surface area contributed by atoms with Crippen LogP contribution in [0.15, 0.2) is 17.5 Å². The maximum Gasteiger partial charge on any atom is 0.0327 e. The van der Waals surface area contributed by atoms with E-state index in [2.05, 4.69) is 34.7 Å². The van der Waals surface area contributed by atoms with Crippen molar-refractivity contribution in [3.05, 3.63) is 22.4 Å². The molecule has 1 aromatic heterocycles. The highest BCUT2D eigenvalue weighted by Crippen LogP contribution is 2.18. The molecule has 2 nitrogen and oxygen atoms in total. The van der Waals surface area contributed by atoms with Gasteiger partial charge in [0, 0.05) is 11.4 Å². The summed E-state index contributed by atoms with van der Waals surface area (Å²) < 4.78 is 0. The predicted molar refractivity (Wildman–Crippen MR) is 80.1 cm³/mol. The SMILES string of the molecule is CCN(CCCC1CCNCC1)Cc1cccs1. The third-order valence-corrected chi connectivity index (χ3v) is 4.81. The van der Waals surface area contributed by atoms with Gasteiger partial charge in [-0.15, -0.1) is 11.3 Å². The fourth-order valence-corrected chi connectivity index (χ4v) is 3.49. The van der Waals surface area contributed by atoms with Crippen LogP contribution in [-0.2, 0) is 6.54 Å². The number of thiophene rings is 1. The van der Waals surface area contributed by atoms with Crippen LogP contribution in [0, 0.1) is 5.92 Å². The summed E-state index contributed by atoms with van der Waals surface area (Å²) >= 11 is 1.88. The molecule has 0 bridgehead atoms. The summed E-state index contributed by atoms with van der Waals surface area (Å²) in [5.41, 5.74) is 0. The van der Waals surface area contributed by atoms with Crippen LogP contribution in [-0.4, -0.2) is 31.1 Å². The lowest BCUT2D eigenvalue weighted by Gasteiger charge is -2.24. The van der Waals surface area contributed by atoms with Crippen molar-refractivity contribution in [1.29, 1.82) is 0 Å². The van der Waals surface area contributed by atoms with Gasteiger partial charge in [0.2, 0.25) is 0 Å². The molecule has 0 aliphatic carbocycles. The van der Waals surface area contributed by atoms with Gasteiger partial charge in [0.25, 0.3) is 0 Å². The van der Waals surface area contributed by atoms with E-state index >= 15 is 0 Å². The molecule has 1 fully saturated rings. The minimum Gasteiger partial charge on any atom is -0.317 e. The predicted octanol–water partition coefficient (Wildman–Crippen LogP) is 3.35. The van der Waals surface area contributed by atoms with Gasteiger partial charge < -0.3 is 5.32 Å². The number of rotatable bonds is 7. The Morgan fingerprint density at radius 3 is 2.89 bits per heavy atom. The van der Waals surface area contributed by atoms with Crippen LogP contribution in [0.25, 0.3) is 0 Å². The average Bonchev–Trinajstić information content (AvgIpc) is 2.92. The number of nitrogens with zero attached hydrogens (tertiary/aromatic N) is 1. The van der Waals surface area contributed by atoms with Gasteiger partial charge in [0.05, 0.1) is 0 Å². The maximum absolute atomic E-state index is 3.45. The molecule has 0 unspecified atom stereocenters. The fourth-order valence-electron chi connectivity index (χ4n) is 2.75. The van der Waals surface area contributed by atoms with Gasteiger partial charge in [0.1, 0.15) is 0 Å². The molecule has 1 N–H and O–H groups in total. The van der Waals surface area contributed by atoms with Crippen molar-refractivity contribution in [2.75, 3.05) is 26.2 Å². The Balaban J connectivity index is 1.64. The Morgan fingerprint density at radius 2 is 2.22 bits per heavy atom. The highest BCUT2D eigenvalue weighted by atomic mass is 32.1. The zero-order valence-electron chi connectivity index (χ0n) is 11.5. The van der Waals surface area contributed by atoms with Gasteiger partial charge >= 0.3 is 0 Å². The van der Waals surface area contributed by atoms with Crippen molar-refractivity contribution in [3.63, 3.8) is 0 Å². The Labute approximate surface area is 115 Å². The van der Waals surface area contributed by atoms with Gasteiger partial charge in [-0.1, -0.05) is 13.0 Å². The van der Waals surface area contributed by atoms with E-state index in [0.717, 1.165) is 12.5 Å². The standard InChI is InChI=1S/C15H26N2S/c1-2-17(13-15-6-4-12-18-15)11-3-5-14-7-9-16-10-8-14/h4,6,12,14,16H,2-3,5,7-11,13H2,1H3. The van der Waals surface area contributed by atoms with E-state index in [1.807, 2.05) is 11.3 Å². The van der Waals surface area contributed by atoms with Crippen molar-refractivity contribution in [2.45, 2.75) is 39.2 Å². The van der Waals surface area contributed by atoms with Gasteiger partial charge in [-0.25, -0.2) is 0 Å². The molecule has 2 rings (SSSR count). The smallest absolute Gasteiger partial charge is 0.0327 e. The van der Waals surface area contributed by atoms with Crippen molar-refractivity contribution >= 4 is 11.3 Å². The molecule has 0 aromatic carbocycles. The third-order valence-electron chi connectivity index (χ3n) is 3.95. The fraction of sp³-hybridized carbons (Fsp3) is 0.733. The van der Waals surface area contributed by atoms with Crippen molar-refractivity contribution in [1.82, 2.24) is 10.2 Å². The van der Waals surface area contributed by atoms with E-state index in [0.29, 0.717) is 0 Å². The molecule has 0 spiro atoms. The molecule has 0 saturated carbocycles. The molecule has 0 radical (unpaired) electrons. The van der Waals surface area contributed by atoms with Gasteiger partial charge in [0.15, 0.2) is 0 Å². The largest absolute Gasteiger partial charge is 0.317 e. The molecule has 1 saturated heterocycles. The summed E-state index contributed by atoms with van der Waals surface area (Å²) in [5, 5.41) is 5.62. The number of hydrogen-bond acceptors (Lipinski definition) is 3. The Morgan fingerprint density at radius 1 is 1.39 bits per heavy atom. The zero-order valence-corrected chi connectivity index (χ0v) is 12.3. The Kier molecular flexibility index (Phi) is 6.18. The maximum atomic E-state index is 3.45. The molecule has 2 heterocycles. The zero-order chi connectivity index (χ0) is 12.6. The normalized spacial score (nSPS) is 17.4. The first-order valence-corrected chi connectivity index (χ1v) is 8.22. The molecular formula is C15H26N2S. The summed E-state index contributed by atoms with van der Waals surface area (Å²) in [4.78, 5) is 4.08. The van der Waals surface area contributed by atoms with Crippen LogP contribution in [0.2, 0.25) is 0 Å². The molecule has 1 aliphatic heterocycles. The Bertz CT molecular complexity index is 304. The van der Waals surface area contributed by atoms with Crippen LogP contribution in [0.1, 0.15) is 37.5 Å². The van der Waals surface area contributed by atoms with E-state index in [4.69, 9.17) is 0 Å². The van der Waals surface area contributed by atoms with Crippen LogP contribution in [0.4, 0.5) is 0 Å². The molecule has 3 heteroatoms. The second-order valence-electron chi connectivity index (χ2n) is 5.28. The van der Waals surface area contributed by atoms with Gasteiger partial charge in [-0.2, -0.15) is 0 Å². The van der Waals surface area contributed by atoms with E-state index in [1.165, 1.54) is 56.7 Å². The van der Waals surface area contributed by atoms with Crippen molar-refractivity contribution in [2.24, 2.45) is 5.92 Å². The molecule has 102 valence electrons. The number of piperidine rings is 1. The molecular weight excluding hydrogens is 240 g/mol. The van der Waals surface area contributed by atoms with Crippen molar-refractivity contribution < 1.29 is 0 Å². The second kappa shape index (κ2) is 7.93. The molecule has 18 heavy (non-hydrogen) atoms. The van der Waals surface area contributed by atoms with Crippen molar-refractivity contribution in [3.8, 4) is 0 Å². The first kappa shape index (κ1) is 14.0. The lowest BCUT2D eigenvalue weighted by Crippen LogP contribution is -2.29. The van der Waals surface area contributed by atoms with Gasteiger partial charge in [-0.3, -0.25) is 4.90 Å². The summed E-state index contributed by atoms with van der Waals surface area (Å²) in [7, 11) is 0. The first-order chi connectivity index (χ1) is 8.88. The van der Waals surface area contributed by atoms with Crippen LogP contribution in [0.5, 0.6) is 0 Å². The topological polar surface area (TPSA) is 15.3 Å². The number of hydrogen-bond donors (Lipinski definition) is 1.